The molecule has 66 valence electrons. The van der Waals surface area contributed by atoms with E-state index in [2.05, 4.69) is 23.2 Å². The summed E-state index contributed by atoms with van der Waals surface area (Å²) < 4.78 is 5.03. The molecule has 3 nitrogen and oxygen atoms in total. The molecule has 1 aromatic heterocycles. The number of aryl methyl sites for hydroxylation is 1. The molecule has 0 unspecified atom stereocenters. The second-order valence-corrected chi connectivity index (χ2v) is 3.57. The van der Waals surface area contributed by atoms with E-state index in [0.29, 0.717) is 5.22 Å². The van der Waals surface area contributed by atoms with Crippen molar-refractivity contribution in [1.82, 2.24) is 10.2 Å². The Bertz CT molecular complexity index is 386. The Morgan fingerprint density at radius 2 is 2.15 bits per heavy atom. The Balaban J connectivity index is 2.24. The molecular weight excluding hydrogens is 184 g/mol. The maximum absolute atomic E-state index is 5.03. The van der Waals surface area contributed by atoms with Crippen LogP contribution in [0.2, 0.25) is 0 Å². The highest BCUT2D eigenvalue weighted by molar-refractivity contribution is 7.99. The summed E-state index contributed by atoms with van der Waals surface area (Å²) in [6.07, 6.45) is 1.33. The van der Waals surface area contributed by atoms with Gasteiger partial charge >= 0.3 is 0 Å². The molecule has 2 aromatic rings. The summed E-state index contributed by atoms with van der Waals surface area (Å²) in [5.41, 5.74) is 1.21. The van der Waals surface area contributed by atoms with Gasteiger partial charge in [0.15, 0.2) is 0 Å². The molecule has 0 fully saturated rings. The van der Waals surface area contributed by atoms with Crippen LogP contribution in [-0.2, 0) is 0 Å². The first kappa shape index (κ1) is 8.31. The molecule has 0 aliphatic rings. The number of hydrogen-bond donors (Lipinski definition) is 0. The monoisotopic (exact) mass is 192 g/mol. The average molecular weight is 192 g/mol. The number of aromatic nitrogens is 2. The van der Waals surface area contributed by atoms with E-state index in [1.165, 1.54) is 23.7 Å². The number of benzene rings is 1. The van der Waals surface area contributed by atoms with Crippen molar-refractivity contribution in [2.24, 2.45) is 0 Å². The number of nitrogens with zero attached hydrogens (tertiary/aromatic N) is 2. The molecule has 0 spiro atoms. The lowest BCUT2D eigenvalue weighted by molar-refractivity contribution is 0.453. The van der Waals surface area contributed by atoms with Crippen LogP contribution in [0.25, 0.3) is 0 Å². The van der Waals surface area contributed by atoms with Crippen LogP contribution >= 0.6 is 11.8 Å². The molecule has 0 atom stereocenters. The predicted octanol–water partition coefficient (Wildman–Crippen LogP) is 2.53. The Morgan fingerprint density at radius 3 is 2.85 bits per heavy atom. The van der Waals surface area contributed by atoms with Crippen molar-refractivity contribution < 1.29 is 4.42 Å². The minimum Gasteiger partial charge on any atom is -0.419 e. The lowest BCUT2D eigenvalue weighted by Crippen LogP contribution is -1.78. The molecule has 0 saturated heterocycles. The minimum atomic E-state index is 0.578. The standard InChI is InChI=1S/C9H8N2OS/c1-7-4-2-3-5-8(7)13-9-11-10-6-12-9/h2-6H,1H3. The van der Waals surface area contributed by atoms with Gasteiger partial charge in [0.2, 0.25) is 6.39 Å². The van der Waals surface area contributed by atoms with E-state index in [1.807, 2.05) is 18.2 Å². The van der Waals surface area contributed by atoms with Gasteiger partial charge in [-0.25, -0.2) is 0 Å². The fourth-order valence-electron chi connectivity index (χ4n) is 0.972. The van der Waals surface area contributed by atoms with E-state index < -0.39 is 0 Å². The third-order valence-electron chi connectivity index (χ3n) is 1.63. The molecule has 2 rings (SSSR count). The Morgan fingerprint density at radius 1 is 1.31 bits per heavy atom. The average Bonchev–Trinajstić information content (AvgIpc) is 2.61. The summed E-state index contributed by atoms with van der Waals surface area (Å²) in [7, 11) is 0. The van der Waals surface area contributed by atoms with Crippen LogP contribution in [0.3, 0.4) is 0 Å². The third kappa shape index (κ3) is 1.89. The van der Waals surface area contributed by atoms with Crippen LogP contribution in [0.15, 0.2) is 45.2 Å². The summed E-state index contributed by atoms with van der Waals surface area (Å²) in [6.45, 7) is 2.05. The van der Waals surface area contributed by atoms with Crippen molar-refractivity contribution in [2.45, 2.75) is 17.0 Å². The first-order valence-electron chi connectivity index (χ1n) is 3.86. The maximum Gasteiger partial charge on any atom is 0.281 e. The van der Waals surface area contributed by atoms with Crippen LogP contribution in [0.5, 0.6) is 0 Å². The lowest BCUT2D eigenvalue weighted by Gasteiger charge is -1.99. The highest BCUT2D eigenvalue weighted by Gasteiger charge is 2.03. The van der Waals surface area contributed by atoms with E-state index in [0.717, 1.165) is 4.90 Å². The quantitative estimate of drug-likeness (QED) is 0.733. The highest BCUT2D eigenvalue weighted by Crippen LogP contribution is 2.27. The molecular formula is C9H8N2OS. The van der Waals surface area contributed by atoms with Gasteiger partial charge in [-0.2, -0.15) is 0 Å². The largest absolute Gasteiger partial charge is 0.419 e. The zero-order valence-electron chi connectivity index (χ0n) is 7.10. The van der Waals surface area contributed by atoms with E-state index in [-0.39, 0.29) is 0 Å². The summed E-state index contributed by atoms with van der Waals surface area (Å²) >= 11 is 1.48. The maximum atomic E-state index is 5.03. The van der Waals surface area contributed by atoms with Crippen LogP contribution < -0.4 is 0 Å². The van der Waals surface area contributed by atoms with Crippen LogP contribution in [-0.4, -0.2) is 10.2 Å². The van der Waals surface area contributed by atoms with Gasteiger partial charge in [-0.15, -0.1) is 10.2 Å². The van der Waals surface area contributed by atoms with Gasteiger partial charge in [0, 0.05) is 4.90 Å². The van der Waals surface area contributed by atoms with Gasteiger partial charge in [-0.05, 0) is 30.3 Å². The molecule has 1 aromatic carbocycles. The summed E-state index contributed by atoms with van der Waals surface area (Å²) in [4.78, 5) is 1.15. The van der Waals surface area contributed by atoms with Gasteiger partial charge in [0.05, 0.1) is 0 Å². The normalized spacial score (nSPS) is 10.2. The van der Waals surface area contributed by atoms with E-state index in [1.54, 1.807) is 0 Å². The number of hydrogen-bond acceptors (Lipinski definition) is 4. The molecule has 4 heteroatoms. The van der Waals surface area contributed by atoms with Gasteiger partial charge < -0.3 is 4.42 Å². The van der Waals surface area contributed by atoms with Gasteiger partial charge in [-0.3, -0.25) is 0 Å². The van der Waals surface area contributed by atoms with E-state index >= 15 is 0 Å². The second-order valence-electron chi connectivity index (χ2n) is 2.57. The first-order valence-corrected chi connectivity index (χ1v) is 4.67. The second kappa shape index (κ2) is 3.62. The molecule has 1 heterocycles. The van der Waals surface area contributed by atoms with Gasteiger partial charge in [0.1, 0.15) is 0 Å². The van der Waals surface area contributed by atoms with Gasteiger partial charge in [0.25, 0.3) is 5.22 Å². The van der Waals surface area contributed by atoms with Crippen molar-refractivity contribution in [3.05, 3.63) is 36.2 Å². The molecule has 0 saturated carbocycles. The first-order chi connectivity index (χ1) is 6.36. The molecule has 13 heavy (non-hydrogen) atoms. The Kier molecular flexibility index (Phi) is 2.31. The molecule has 0 amide bonds. The summed E-state index contributed by atoms with van der Waals surface area (Å²) in [5.74, 6) is 0. The molecule has 0 aliphatic heterocycles. The Labute approximate surface area is 80.2 Å². The zero-order chi connectivity index (χ0) is 9.10. The van der Waals surface area contributed by atoms with E-state index in [4.69, 9.17) is 4.42 Å². The number of rotatable bonds is 2. The summed E-state index contributed by atoms with van der Waals surface area (Å²) in [5, 5.41) is 7.99. The fraction of sp³-hybridized carbons (Fsp3) is 0.111. The summed E-state index contributed by atoms with van der Waals surface area (Å²) in [6, 6.07) is 8.09. The van der Waals surface area contributed by atoms with Crippen LogP contribution in [0, 0.1) is 6.92 Å². The highest BCUT2D eigenvalue weighted by atomic mass is 32.2. The van der Waals surface area contributed by atoms with E-state index in [9.17, 15) is 0 Å². The smallest absolute Gasteiger partial charge is 0.281 e. The minimum absolute atomic E-state index is 0.578. The molecule has 0 aliphatic carbocycles. The molecule has 0 N–H and O–H groups in total. The fourth-order valence-corrected chi connectivity index (χ4v) is 1.72. The SMILES string of the molecule is Cc1ccccc1Sc1nnco1. The van der Waals surface area contributed by atoms with Crippen molar-refractivity contribution in [3.8, 4) is 0 Å². The van der Waals surface area contributed by atoms with Crippen molar-refractivity contribution in [3.63, 3.8) is 0 Å². The lowest BCUT2D eigenvalue weighted by atomic mass is 10.2. The van der Waals surface area contributed by atoms with Crippen LogP contribution in [0.1, 0.15) is 5.56 Å². The molecule has 0 bridgehead atoms. The Hall–Kier alpha value is -1.29. The van der Waals surface area contributed by atoms with Crippen molar-refractivity contribution in [2.75, 3.05) is 0 Å². The van der Waals surface area contributed by atoms with Crippen LogP contribution in [0.4, 0.5) is 0 Å². The zero-order valence-corrected chi connectivity index (χ0v) is 7.91. The topological polar surface area (TPSA) is 38.9 Å². The van der Waals surface area contributed by atoms with Crippen molar-refractivity contribution >= 4 is 11.8 Å². The predicted molar refractivity (Wildman–Crippen MR) is 49.6 cm³/mol. The molecule has 0 radical (unpaired) electrons. The van der Waals surface area contributed by atoms with Gasteiger partial charge in [-0.1, -0.05) is 18.2 Å². The van der Waals surface area contributed by atoms with Crippen molar-refractivity contribution in [1.29, 1.82) is 0 Å². The third-order valence-corrected chi connectivity index (χ3v) is 2.66.